The first kappa shape index (κ1) is 11.5. The molecule has 1 heterocycles. The summed E-state index contributed by atoms with van der Waals surface area (Å²) in [7, 11) is 0. The van der Waals surface area contributed by atoms with Gasteiger partial charge in [0, 0.05) is 12.4 Å². The summed E-state index contributed by atoms with van der Waals surface area (Å²) in [6.07, 6.45) is 2.81. The van der Waals surface area contributed by atoms with Crippen LogP contribution in [0.3, 0.4) is 0 Å². The second kappa shape index (κ2) is 4.93. The van der Waals surface area contributed by atoms with Crippen LogP contribution in [-0.4, -0.2) is 10.9 Å². The van der Waals surface area contributed by atoms with Gasteiger partial charge in [0.05, 0.1) is 16.3 Å². The number of para-hydroxylation sites is 1. The predicted molar refractivity (Wildman–Crippen MR) is 63.6 cm³/mol. The molecule has 2 aromatic rings. The standard InChI is InChI=1S/C12H8ClFN2O/c13-9-5-6-15-7-8(9)12(17)16-11-4-2-1-3-10(11)14/h1-7H,(H,16,17). The normalized spacial score (nSPS) is 10.0. The van der Waals surface area contributed by atoms with Crippen molar-refractivity contribution in [2.24, 2.45) is 0 Å². The zero-order valence-corrected chi connectivity index (χ0v) is 9.41. The van der Waals surface area contributed by atoms with Crippen molar-refractivity contribution in [2.75, 3.05) is 5.32 Å². The summed E-state index contributed by atoms with van der Waals surface area (Å²) < 4.78 is 13.3. The van der Waals surface area contributed by atoms with Crippen molar-refractivity contribution in [1.29, 1.82) is 0 Å². The summed E-state index contributed by atoms with van der Waals surface area (Å²) in [4.78, 5) is 15.6. The summed E-state index contributed by atoms with van der Waals surface area (Å²) in [5, 5.41) is 2.70. The molecule has 0 aliphatic carbocycles. The maximum atomic E-state index is 13.3. The molecule has 1 amide bonds. The van der Waals surface area contributed by atoms with Crippen LogP contribution >= 0.6 is 11.6 Å². The number of rotatable bonds is 2. The van der Waals surface area contributed by atoms with Gasteiger partial charge in [-0.25, -0.2) is 4.39 Å². The van der Waals surface area contributed by atoms with Crippen LogP contribution in [0.2, 0.25) is 5.02 Å². The minimum Gasteiger partial charge on any atom is -0.319 e. The number of nitrogens with zero attached hydrogens (tertiary/aromatic N) is 1. The van der Waals surface area contributed by atoms with Crippen molar-refractivity contribution < 1.29 is 9.18 Å². The summed E-state index contributed by atoms with van der Waals surface area (Å²) in [5.41, 5.74) is 0.315. The van der Waals surface area contributed by atoms with Crippen LogP contribution in [0.25, 0.3) is 0 Å². The van der Waals surface area contributed by atoms with E-state index in [0.717, 1.165) is 0 Å². The zero-order valence-electron chi connectivity index (χ0n) is 8.65. The lowest BCUT2D eigenvalue weighted by atomic mass is 10.2. The second-order valence-electron chi connectivity index (χ2n) is 3.29. The number of benzene rings is 1. The van der Waals surface area contributed by atoms with Crippen LogP contribution in [0.5, 0.6) is 0 Å². The number of carbonyl (C=O) groups is 1. The molecule has 0 radical (unpaired) electrons. The minimum absolute atomic E-state index is 0.109. The van der Waals surface area contributed by atoms with E-state index in [-0.39, 0.29) is 16.3 Å². The van der Waals surface area contributed by atoms with Crippen LogP contribution in [0, 0.1) is 5.82 Å². The van der Waals surface area contributed by atoms with Gasteiger partial charge >= 0.3 is 0 Å². The van der Waals surface area contributed by atoms with Gasteiger partial charge in [-0.05, 0) is 18.2 Å². The van der Waals surface area contributed by atoms with Gasteiger partial charge in [0.2, 0.25) is 0 Å². The van der Waals surface area contributed by atoms with E-state index in [1.807, 2.05) is 0 Å². The molecule has 0 spiro atoms. The molecule has 0 atom stereocenters. The monoisotopic (exact) mass is 250 g/mol. The molecule has 0 fully saturated rings. The van der Waals surface area contributed by atoms with E-state index in [1.54, 1.807) is 12.1 Å². The highest BCUT2D eigenvalue weighted by molar-refractivity contribution is 6.34. The average Bonchev–Trinajstić information content (AvgIpc) is 2.32. The van der Waals surface area contributed by atoms with Gasteiger partial charge in [-0.1, -0.05) is 23.7 Å². The molecular formula is C12H8ClFN2O. The smallest absolute Gasteiger partial charge is 0.258 e. The number of amides is 1. The molecule has 3 nitrogen and oxygen atoms in total. The SMILES string of the molecule is O=C(Nc1ccccc1F)c1cnccc1Cl. The Kier molecular flexibility index (Phi) is 3.35. The van der Waals surface area contributed by atoms with Gasteiger partial charge in [-0.15, -0.1) is 0 Å². The minimum atomic E-state index is -0.499. The first-order chi connectivity index (χ1) is 8.18. The molecule has 0 aliphatic heterocycles. The third kappa shape index (κ3) is 2.60. The summed E-state index contributed by atoms with van der Waals surface area (Å²) in [5.74, 6) is -0.992. The van der Waals surface area contributed by atoms with Gasteiger partial charge in [0.1, 0.15) is 5.82 Å². The van der Waals surface area contributed by atoms with Crippen LogP contribution < -0.4 is 5.32 Å². The number of aromatic nitrogens is 1. The maximum Gasteiger partial charge on any atom is 0.258 e. The molecule has 5 heteroatoms. The van der Waals surface area contributed by atoms with Gasteiger partial charge in [0.25, 0.3) is 5.91 Å². The third-order valence-corrected chi connectivity index (χ3v) is 2.46. The number of pyridine rings is 1. The predicted octanol–water partition coefficient (Wildman–Crippen LogP) is 3.13. The number of hydrogen-bond donors (Lipinski definition) is 1. The fourth-order valence-electron chi connectivity index (χ4n) is 1.30. The first-order valence-corrected chi connectivity index (χ1v) is 5.21. The topological polar surface area (TPSA) is 42.0 Å². The lowest BCUT2D eigenvalue weighted by Gasteiger charge is -2.06. The Balaban J connectivity index is 2.24. The van der Waals surface area contributed by atoms with E-state index in [1.165, 1.54) is 30.6 Å². The summed E-state index contributed by atoms with van der Waals surface area (Å²) in [6.45, 7) is 0. The molecule has 2 rings (SSSR count). The van der Waals surface area contributed by atoms with Crippen LogP contribution in [-0.2, 0) is 0 Å². The van der Waals surface area contributed by atoms with Gasteiger partial charge in [0.15, 0.2) is 0 Å². The van der Waals surface area contributed by atoms with E-state index < -0.39 is 11.7 Å². The molecule has 1 N–H and O–H groups in total. The highest BCUT2D eigenvalue weighted by atomic mass is 35.5. The molecule has 0 bridgehead atoms. The van der Waals surface area contributed by atoms with Crippen LogP contribution in [0.4, 0.5) is 10.1 Å². The van der Waals surface area contributed by atoms with Crippen LogP contribution in [0.1, 0.15) is 10.4 Å². The number of hydrogen-bond acceptors (Lipinski definition) is 2. The fourth-order valence-corrected chi connectivity index (χ4v) is 1.49. The van der Waals surface area contributed by atoms with E-state index in [4.69, 9.17) is 11.6 Å². The fraction of sp³-hybridized carbons (Fsp3) is 0. The molecule has 0 saturated heterocycles. The third-order valence-electron chi connectivity index (χ3n) is 2.13. The summed E-state index contributed by atoms with van der Waals surface area (Å²) in [6, 6.07) is 7.40. The molecule has 0 aliphatic rings. The highest BCUT2D eigenvalue weighted by Crippen LogP contribution is 2.17. The molecule has 86 valence electrons. The Hall–Kier alpha value is -1.94. The van der Waals surface area contributed by atoms with Gasteiger partial charge < -0.3 is 5.32 Å². The van der Waals surface area contributed by atoms with E-state index in [9.17, 15) is 9.18 Å². The summed E-state index contributed by atoms with van der Waals surface area (Å²) >= 11 is 5.83. The van der Waals surface area contributed by atoms with Crippen LogP contribution in [0.15, 0.2) is 42.7 Å². The second-order valence-corrected chi connectivity index (χ2v) is 3.70. The number of halogens is 2. The average molecular weight is 251 g/mol. The molecule has 1 aromatic heterocycles. The largest absolute Gasteiger partial charge is 0.319 e. The highest BCUT2D eigenvalue weighted by Gasteiger charge is 2.11. The van der Waals surface area contributed by atoms with Crippen molar-refractivity contribution in [3.8, 4) is 0 Å². The Morgan fingerprint density at radius 2 is 2.06 bits per heavy atom. The molecular weight excluding hydrogens is 243 g/mol. The van der Waals surface area contributed by atoms with Crippen molar-refractivity contribution in [1.82, 2.24) is 4.98 Å². The Bertz CT molecular complexity index is 560. The van der Waals surface area contributed by atoms with E-state index in [2.05, 4.69) is 10.3 Å². The maximum absolute atomic E-state index is 13.3. The van der Waals surface area contributed by atoms with Crippen molar-refractivity contribution in [3.05, 3.63) is 59.1 Å². The van der Waals surface area contributed by atoms with Crippen molar-refractivity contribution in [2.45, 2.75) is 0 Å². The molecule has 0 unspecified atom stereocenters. The van der Waals surface area contributed by atoms with Crippen molar-refractivity contribution in [3.63, 3.8) is 0 Å². The number of carbonyl (C=O) groups excluding carboxylic acids is 1. The lowest BCUT2D eigenvalue weighted by molar-refractivity contribution is 0.102. The number of nitrogens with one attached hydrogen (secondary N) is 1. The zero-order chi connectivity index (χ0) is 12.3. The lowest BCUT2D eigenvalue weighted by Crippen LogP contribution is -2.13. The number of anilines is 1. The Labute approximate surface area is 102 Å². The quantitative estimate of drug-likeness (QED) is 0.890. The Morgan fingerprint density at radius 1 is 1.29 bits per heavy atom. The molecule has 1 aromatic carbocycles. The van der Waals surface area contributed by atoms with Crippen molar-refractivity contribution >= 4 is 23.2 Å². The molecule has 17 heavy (non-hydrogen) atoms. The Morgan fingerprint density at radius 3 is 2.76 bits per heavy atom. The van der Waals surface area contributed by atoms with E-state index >= 15 is 0 Å². The van der Waals surface area contributed by atoms with Gasteiger partial charge in [-0.2, -0.15) is 0 Å². The first-order valence-electron chi connectivity index (χ1n) is 4.84. The van der Waals surface area contributed by atoms with Gasteiger partial charge in [-0.3, -0.25) is 9.78 Å². The van der Waals surface area contributed by atoms with E-state index in [0.29, 0.717) is 0 Å². The molecule has 0 saturated carbocycles.